The van der Waals surface area contributed by atoms with Crippen molar-refractivity contribution in [1.29, 1.82) is 0 Å². The molecule has 0 bridgehead atoms. The molecule has 3 heterocycles. The van der Waals surface area contributed by atoms with E-state index in [-0.39, 0.29) is 5.91 Å². The number of nitrogens with one attached hydrogen (secondary N) is 1. The fourth-order valence-electron chi connectivity index (χ4n) is 3.75. The van der Waals surface area contributed by atoms with E-state index in [1.165, 1.54) is 15.6 Å². The summed E-state index contributed by atoms with van der Waals surface area (Å²) in [5, 5.41) is 2.97. The van der Waals surface area contributed by atoms with Crippen molar-refractivity contribution < 1.29 is 22.7 Å². The van der Waals surface area contributed by atoms with Gasteiger partial charge < -0.3 is 14.8 Å². The number of sulfonamides is 1. The molecule has 0 atom stereocenters. The number of hydrogen-bond donors (Lipinski definition) is 1. The number of hydrogen-bond acceptors (Lipinski definition) is 7. The van der Waals surface area contributed by atoms with Crippen LogP contribution >= 0.6 is 11.3 Å². The van der Waals surface area contributed by atoms with Gasteiger partial charge in [0.15, 0.2) is 0 Å². The predicted octanol–water partition coefficient (Wildman–Crippen LogP) is 1.89. The Balaban J connectivity index is 1.31. The molecule has 2 aromatic rings. The van der Waals surface area contributed by atoms with E-state index in [0.717, 1.165) is 49.7 Å². The van der Waals surface area contributed by atoms with E-state index in [2.05, 4.69) is 10.2 Å². The second-order valence-corrected chi connectivity index (χ2v) is 11.0. The average Bonchev–Trinajstić information content (AvgIpc) is 3.34. The van der Waals surface area contributed by atoms with Crippen LogP contribution < -0.4 is 5.32 Å². The molecule has 0 unspecified atom stereocenters. The Bertz CT molecular complexity index is 995. The zero-order valence-corrected chi connectivity index (χ0v) is 19.6. The van der Waals surface area contributed by atoms with E-state index in [4.69, 9.17) is 9.47 Å². The third-order valence-corrected chi connectivity index (χ3v) is 9.12. The Kier molecular flexibility index (Phi) is 7.93. The molecule has 1 aromatic heterocycles. The van der Waals surface area contributed by atoms with Crippen molar-refractivity contribution in [2.24, 2.45) is 0 Å². The van der Waals surface area contributed by atoms with Crippen LogP contribution in [0.1, 0.15) is 16.8 Å². The zero-order valence-electron chi connectivity index (χ0n) is 18.0. The highest BCUT2D eigenvalue weighted by molar-refractivity contribution is 7.91. The first-order chi connectivity index (χ1) is 15.5. The molecule has 0 radical (unpaired) electrons. The minimum Gasteiger partial charge on any atom is -0.379 e. The first-order valence-corrected chi connectivity index (χ1v) is 13.2. The normalized spacial score (nSPS) is 18.5. The summed E-state index contributed by atoms with van der Waals surface area (Å²) >= 11 is 1.25. The molecular weight excluding hydrogens is 450 g/mol. The van der Waals surface area contributed by atoms with Crippen molar-refractivity contribution in [1.82, 2.24) is 14.5 Å². The van der Waals surface area contributed by atoms with Crippen LogP contribution in [0, 0.1) is 0 Å². The topological polar surface area (TPSA) is 88.2 Å². The van der Waals surface area contributed by atoms with Crippen molar-refractivity contribution in [2.45, 2.75) is 10.6 Å². The standard InChI is InChI=1S/C22H29N3O5S2/c26-22(23-8-1-9-24-10-14-29-15-11-24)19-4-2-18(3-5-19)20-6-7-21(31-20)32(27,28)25-12-16-30-17-13-25/h2-7H,1,8-17H2,(H,23,26). The van der Waals surface area contributed by atoms with Crippen LogP contribution in [0.2, 0.25) is 0 Å². The van der Waals surface area contributed by atoms with Gasteiger partial charge in [0.1, 0.15) is 4.21 Å². The lowest BCUT2D eigenvalue weighted by molar-refractivity contribution is 0.0374. The van der Waals surface area contributed by atoms with Crippen LogP contribution in [-0.4, -0.2) is 89.2 Å². The summed E-state index contributed by atoms with van der Waals surface area (Å²) in [6.45, 7) is 6.66. The summed E-state index contributed by atoms with van der Waals surface area (Å²) in [6, 6.07) is 10.8. The molecule has 8 nitrogen and oxygen atoms in total. The molecule has 1 aromatic carbocycles. The number of carbonyl (C=O) groups is 1. The SMILES string of the molecule is O=C(NCCCN1CCOCC1)c1ccc(-c2ccc(S(=O)(=O)N3CCOCC3)s2)cc1. The lowest BCUT2D eigenvalue weighted by atomic mass is 10.1. The highest BCUT2D eigenvalue weighted by Gasteiger charge is 2.27. The van der Waals surface area contributed by atoms with Crippen LogP contribution in [0.3, 0.4) is 0 Å². The lowest BCUT2D eigenvalue weighted by Crippen LogP contribution is -2.40. The smallest absolute Gasteiger partial charge is 0.252 e. The van der Waals surface area contributed by atoms with E-state index in [0.29, 0.717) is 42.6 Å². The zero-order chi connectivity index (χ0) is 22.4. The molecule has 1 N–H and O–H groups in total. The van der Waals surface area contributed by atoms with Gasteiger partial charge >= 0.3 is 0 Å². The lowest BCUT2D eigenvalue weighted by Gasteiger charge is -2.26. The minimum absolute atomic E-state index is 0.0970. The van der Waals surface area contributed by atoms with Crippen LogP contribution in [-0.2, 0) is 19.5 Å². The first-order valence-electron chi connectivity index (χ1n) is 10.9. The Morgan fingerprint density at radius 3 is 2.28 bits per heavy atom. The van der Waals surface area contributed by atoms with Gasteiger partial charge in [-0.25, -0.2) is 8.42 Å². The number of thiophene rings is 1. The fraction of sp³-hybridized carbons (Fsp3) is 0.500. The van der Waals surface area contributed by atoms with Crippen LogP contribution in [0.15, 0.2) is 40.6 Å². The molecular formula is C22H29N3O5S2. The van der Waals surface area contributed by atoms with E-state index < -0.39 is 10.0 Å². The number of morpholine rings is 2. The van der Waals surface area contributed by atoms with Gasteiger partial charge in [-0.2, -0.15) is 4.31 Å². The Morgan fingerprint density at radius 1 is 0.938 bits per heavy atom. The van der Waals surface area contributed by atoms with Gasteiger partial charge in [0.2, 0.25) is 0 Å². The highest BCUT2D eigenvalue weighted by atomic mass is 32.2. The molecule has 0 saturated carbocycles. The number of amides is 1. The third-order valence-electron chi connectivity index (χ3n) is 5.62. The van der Waals surface area contributed by atoms with Gasteiger partial charge in [0.25, 0.3) is 15.9 Å². The summed E-state index contributed by atoms with van der Waals surface area (Å²) < 4.78 is 38.0. The third kappa shape index (κ3) is 5.75. The van der Waals surface area contributed by atoms with E-state index in [9.17, 15) is 13.2 Å². The molecule has 10 heteroatoms. The second-order valence-electron chi connectivity index (χ2n) is 7.78. The van der Waals surface area contributed by atoms with Gasteiger partial charge in [-0.1, -0.05) is 12.1 Å². The molecule has 32 heavy (non-hydrogen) atoms. The van der Waals surface area contributed by atoms with Gasteiger partial charge in [-0.15, -0.1) is 11.3 Å². The molecule has 1 amide bonds. The number of ether oxygens (including phenoxy) is 2. The number of carbonyl (C=O) groups excluding carboxylic acids is 1. The number of nitrogens with zero attached hydrogens (tertiary/aromatic N) is 2. The van der Waals surface area contributed by atoms with Crippen molar-refractivity contribution in [2.75, 3.05) is 65.7 Å². The minimum atomic E-state index is -3.49. The van der Waals surface area contributed by atoms with Crippen molar-refractivity contribution in [3.05, 3.63) is 42.0 Å². The molecule has 0 aliphatic carbocycles. The summed E-state index contributed by atoms with van der Waals surface area (Å²) in [5.74, 6) is -0.0970. The molecule has 2 aliphatic heterocycles. The fourth-order valence-corrected chi connectivity index (χ4v) is 6.62. The maximum atomic E-state index is 12.8. The quantitative estimate of drug-likeness (QED) is 0.582. The molecule has 0 spiro atoms. The van der Waals surface area contributed by atoms with Gasteiger partial charge in [-0.05, 0) is 42.8 Å². The number of benzene rings is 1. The Morgan fingerprint density at radius 2 is 1.59 bits per heavy atom. The Labute approximate surface area is 193 Å². The summed E-state index contributed by atoms with van der Waals surface area (Å²) in [4.78, 5) is 15.6. The summed E-state index contributed by atoms with van der Waals surface area (Å²) in [7, 11) is -3.49. The Hall–Kier alpha value is -1.82. The van der Waals surface area contributed by atoms with E-state index >= 15 is 0 Å². The van der Waals surface area contributed by atoms with E-state index in [1.54, 1.807) is 18.2 Å². The largest absolute Gasteiger partial charge is 0.379 e. The van der Waals surface area contributed by atoms with Gasteiger partial charge in [-0.3, -0.25) is 9.69 Å². The van der Waals surface area contributed by atoms with Gasteiger partial charge in [0, 0.05) is 43.2 Å². The second kappa shape index (κ2) is 10.9. The monoisotopic (exact) mass is 479 g/mol. The van der Waals surface area contributed by atoms with Crippen LogP contribution in [0.5, 0.6) is 0 Å². The molecule has 174 valence electrons. The van der Waals surface area contributed by atoms with Crippen LogP contribution in [0.25, 0.3) is 10.4 Å². The average molecular weight is 480 g/mol. The summed E-state index contributed by atoms with van der Waals surface area (Å²) in [6.07, 6.45) is 0.902. The van der Waals surface area contributed by atoms with Gasteiger partial charge in [0.05, 0.1) is 26.4 Å². The highest BCUT2D eigenvalue weighted by Crippen LogP contribution is 2.32. The van der Waals surface area contributed by atoms with E-state index in [1.807, 2.05) is 18.2 Å². The van der Waals surface area contributed by atoms with Crippen molar-refractivity contribution >= 4 is 27.3 Å². The first kappa shape index (κ1) is 23.3. The number of rotatable bonds is 8. The van der Waals surface area contributed by atoms with Crippen LogP contribution in [0.4, 0.5) is 0 Å². The maximum absolute atomic E-state index is 12.8. The molecule has 4 rings (SSSR count). The molecule has 2 aliphatic rings. The maximum Gasteiger partial charge on any atom is 0.252 e. The summed E-state index contributed by atoms with van der Waals surface area (Å²) in [5.41, 5.74) is 1.49. The molecule has 2 fully saturated rings. The van der Waals surface area contributed by atoms with Crippen molar-refractivity contribution in [3.8, 4) is 10.4 Å². The predicted molar refractivity (Wildman–Crippen MR) is 124 cm³/mol. The molecule has 2 saturated heterocycles. The van der Waals surface area contributed by atoms with Crippen molar-refractivity contribution in [3.63, 3.8) is 0 Å².